The third kappa shape index (κ3) is 1.12. The zero-order valence-electron chi connectivity index (χ0n) is 6.73. The van der Waals surface area contributed by atoms with Crippen LogP contribution < -0.4 is 0 Å². The van der Waals surface area contributed by atoms with E-state index in [4.69, 9.17) is 0 Å². The van der Waals surface area contributed by atoms with E-state index in [0.29, 0.717) is 16.0 Å². The molecular weight excluding hydrogens is 209 g/mol. The molecule has 1 heterocycles. The quantitative estimate of drug-likeness (QED) is 0.585. The molecule has 0 spiro atoms. The molecule has 1 aromatic heterocycles. The van der Waals surface area contributed by atoms with Crippen LogP contribution in [0.1, 0.15) is 0 Å². The number of nitro groups is 1. The molecule has 0 aliphatic rings. The molecule has 0 bridgehead atoms. The number of rotatable bonds is 1. The largest absolute Gasteiger partial charge is 0.504 e. The minimum Gasteiger partial charge on any atom is -0.504 e. The molecule has 6 heteroatoms. The predicted molar refractivity (Wildman–Crippen MR) is 50.1 cm³/mol. The van der Waals surface area contributed by atoms with Gasteiger partial charge in [0.25, 0.3) is 5.69 Å². The average Bonchev–Trinajstić information content (AvgIpc) is 2.43. The van der Waals surface area contributed by atoms with E-state index in [0.717, 1.165) is 0 Å². The first kappa shape index (κ1) is 8.89. The van der Waals surface area contributed by atoms with Crippen molar-refractivity contribution in [1.29, 1.82) is 0 Å². The van der Waals surface area contributed by atoms with Crippen molar-refractivity contribution < 1.29 is 14.4 Å². The molecule has 2 aromatic rings. The van der Waals surface area contributed by atoms with Crippen molar-refractivity contribution in [3.63, 3.8) is 0 Å². The number of thiophene rings is 1. The normalized spacial score (nSPS) is 10.6. The minimum atomic E-state index is -0.797. The summed E-state index contributed by atoms with van der Waals surface area (Å²) in [5.74, 6) is -0.641. The van der Waals surface area contributed by atoms with E-state index in [1.807, 2.05) is 0 Å². The molecule has 14 heavy (non-hydrogen) atoms. The van der Waals surface area contributed by atoms with Gasteiger partial charge in [0, 0.05) is 10.8 Å². The Balaban J connectivity index is 2.91. The fourth-order valence-corrected chi connectivity index (χ4v) is 2.08. The number of halogens is 1. The number of hydrogen-bond acceptors (Lipinski definition) is 4. The second-order valence-electron chi connectivity index (χ2n) is 2.63. The molecule has 0 saturated heterocycles. The highest BCUT2D eigenvalue weighted by Crippen LogP contribution is 2.40. The Bertz CT molecular complexity index is 523. The van der Waals surface area contributed by atoms with Gasteiger partial charge in [-0.2, -0.15) is 4.39 Å². The van der Waals surface area contributed by atoms with Gasteiger partial charge < -0.3 is 5.11 Å². The maximum Gasteiger partial charge on any atom is 0.281 e. The van der Waals surface area contributed by atoms with Crippen LogP contribution in [0.3, 0.4) is 0 Å². The van der Waals surface area contributed by atoms with Crippen molar-refractivity contribution in [2.24, 2.45) is 0 Å². The summed E-state index contributed by atoms with van der Waals surface area (Å²) in [6.45, 7) is 0. The van der Waals surface area contributed by atoms with Crippen molar-refractivity contribution in [2.75, 3.05) is 0 Å². The Kier molecular flexibility index (Phi) is 1.85. The second kappa shape index (κ2) is 2.91. The van der Waals surface area contributed by atoms with E-state index in [1.165, 1.54) is 18.2 Å². The lowest BCUT2D eigenvalue weighted by Crippen LogP contribution is -1.87. The number of nitro benzene ring substituents is 1. The van der Waals surface area contributed by atoms with Crippen molar-refractivity contribution in [2.45, 2.75) is 0 Å². The van der Waals surface area contributed by atoms with Gasteiger partial charge in [0.05, 0.1) is 4.92 Å². The highest BCUT2D eigenvalue weighted by atomic mass is 32.1. The Morgan fingerprint density at radius 1 is 1.50 bits per heavy atom. The summed E-state index contributed by atoms with van der Waals surface area (Å²) in [6, 6.07) is 4.21. The summed E-state index contributed by atoms with van der Waals surface area (Å²) in [5, 5.41) is 19.0. The number of aromatic hydroxyl groups is 1. The molecule has 0 fully saturated rings. The highest BCUT2D eigenvalue weighted by molar-refractivity contribution is 7.18. The van der Waals surface area contributed by atoms with Crippen LogP contribution in [0.4, 0.5) is 10.1 Å². The zero-order valence-corrected chi connectivity index (χ0v) is 7.55. The predicted octanol–water partition coefficient (Wildman–Crippen LogP) is 2.65. The van der Waals surface area contributed by atoms with Crippen LogP contribution in [-0.4, -0.2) is 10.0 Å². The molecule has 0 amide bonds. The summed E-state index contributed by atoms with van der Waals surface area (Å²) < 4.78 is 13.3. The Labute approximate surface area is 81.4 Å². The monoisotopic (exact) mass is 213 g/mol. The Hall–Kier alpha value is -1.69. The number of hydrogen-bond donors (Lipinski definition) is 1. The average molecular weight is 213 g/mol. The van der Waals surface area contributed by atoms with E-state index in [-0.39, 0.29) is 11.1 Å². The number of benzene rings is 1. The third-order valence-electron chi connectivity index (χ3n) is 1.82. The molecule has 1 N–H and O–H groups in total. The van der Waals surface area contributed by atoms with Gasteiger partial charge in [-0.25, -0.2) is 0 Å². The molecule has 1 aromatic carbocycles. The van der Waals surface area contributed by atoms with Gasteiger partial charge in [-0.1, -0.05) is 6.07 Å². The van der Waals surface area contributed by atoms with Crippen LogP contribution in [0, 0.1) is 15.2 Å². The fraction of sp³-hybridized carbons (Fsp3) is 0. The van der Waals surface area contributed by atoms with Gasteiger partial charge in [0.1, 0.15) is 5.39 Å². The fourth-order valence-electron chi connectivity index (χ4n) is 1.24. The van der Waals surface area contributed by atoms with Crippen molar-refractivity contribution >= 4 is 27.1 Å². The maximum absolute atomic E-state index is 12.9. The van der Waals surface area contributed by atoms with Crippen LogP contribution in [0.5, 0.6) is 5.75 Å². The van der Waals surface area contributed by atoms with Crippen molar-refractivity contribution in [1.82, 2.24) is 0 Å². The summed E-state index contributed by atoms with van der Waals surface area (Å²) >= 11 is 0.689. The molecular formula is C8H4FNO3S. The number of nitrogens with zero attached hydrogens (tertiary/aromatic N) is 1. The van der Waals surface area contributed by atoms with E-state index in [1.54, 1.807) is 0 Å². The zero-order chi connectivity index (χ0) is 10.3. The first-order valence-corrected chi connectivity index (χ1v) is 4.47. The summed E-state index contributed by atoms with van der Waals surface area (Å²) in [5.41, 5.74) is -0.278. The van der Waals surface area contributed by atoms with Gasteiger partial charge in [-0.15, -0.1) is 11.3 Å². The standard InChI is InChI=1S/C8H4FNO3S/c9-8-7(11)6-4(10(12)13)2-1-3-5(6)14-8/h1-3,11H. The first-order chi connectivity index (χ1) is 6.61. The van der Waals surface area contributed by atoms with E-state index < -0.39 is 15.8 Å². The topological polar surface area (TPSA) is 63.4 Å². The van der Waals surface area contributed by atoms with Gasteiger partial charge in [-0.3, -0.25) is 10.1 Å². The van der Waals surface area contributed by atoms with E-state index >= 15 is 0 Å². The lowest BCUT2D eigenvalue weighted by molar-refractivity contribution is -0.383. The first-order valence-electron chi connectivity index (χ1n) is 3.65. The lowest BCUT2D eigenvalue weighted by Gasteiger charge is -1.93. The SMILES string of the molecule is O=[N+]([O-])c1cccc2sc(F)c(O)c12. The second-order valence-corrected chi connectivity index (χ2v) is 3.63. The maximum atomic E-state index is 12.9. The van der Waals surface area contributed by atoms with Crippen molar-refractivity contribution in [3.05, 3.63) is 33.4 Å². The molecule has 0 aliphatic heterocycles. The number of non-ortho nitro benzene ring substituents is 1. The Morgan fingerprint density at radius 2 is 2.21 bits per heavy atom. The van der Waals surface area contributed by atoms with Crippen LogP contribution in [0.2, 0.25) is 0 Å². The highest BCUT2D eigenvalue weighted by Gasteiger charge is 2.20. The van der Waals surface area contributed by atoms with Gasteiger partial charge in [0.15, 0.2) is 5.75 Å². The van der Waals surface area contributed by atoms with Gasteiger partial charge in [0.2, 0.25) is 5.13 Å². The summed E-state index contributed by atoms with van der Waals surface area (Å²) in [7, 11) is 0. The van der Waals surface area contributed by atoms with E-state index in [9.17, 15) is 19.6 Å². The van der Waals surface area contributed by atoms with Crippen molar-refractivity contribution in [3.8, 4) is 5.75 Å². The molecule has 0 atom stereocenters. The molecule has 0 radical (unpaired) electrons. The Morgan fingerprint density at radius 3 is 2.86 bits per heavy atom. The molecule has 0 aliphatic carbocycles. The smallest absolute Gasteiger partial charge is 0.281 e. The lowest BCUT2D eigenvalue weighted by atomic mass is 10.2. The van der Waals surface area contributed by atoms with Crippen LogP contribution in [0.25, 0.3) is 10.1 Å². The summed E-state index contributed by atoms with van der Waals surface area (Å²) in [4.78, 5) is 9.91. The summed E-state index contributed by atoms with van der Waals surface area (Å²) in [6.07, 6.45) is 0. The van der Waals surface area contributed by atoms with Gasteiger partial charge in [-0.05, 0) is 6.07 Å². The van der Waals surface area contributed by atoms with Crippen LogP contribution in [-0.2, 0) is 0 Å². The van der Waals surface area contributed by atoms with E-state index in [2.05, 4.69) is 0 Å². The number of fused-ring (bicyclic) bond motifs is 1. The van der Waals surface area contributed by atoms with Crippen LogP contribution in [0.15, 0.2) is 18.2 Å². The molecule has 2 rings (SSSR count). The van der Waals surface area contributed by atoms with Crippen LogP contribution >= 0.6 is 11.3 Å². The van der Waals surface area contributed by atoms with Gasteiger partial charge >= 0.3 is 0 Å². The molecule has 72 valence electrons. The molecule has 0 unspecified atom stereocenters. The minimum absolute atomic E-state index is 0.0278. The molecule has 0 saturated carbocycles. The molecule has 4 nitrogen and oxygen atoms in total. The third-order valence-corrected chi connectivity index (χ3v) is 2.76.